The molecule has 178 valence electrons. The number of carbonyl (C=O) groups is 1. The number of carboxylic acids is 1. The fourth-order valence-corrected chi connectivity index (χ4v) is 6.34. The van der Waals surface area contributed by atoms with Crippen molar-refractivity contribution in [2.45, 2.75) is 37.5 Å². The van der Waals surface area contributed by atoms with Crippen LogP contribution in [0.1, 0.15) is 40.5 Å². The standard InChI is InChI=1S/C29H24N4O3/c34-28(35)15-22-21-9-3-6-12-25(21)32-17-18(13-14-26(22)32)33-27(16-30-31-33)29(36)23-10-4-1-7-19(23)20-8-2-5-11-24(20)29/h1-12,16,18,36H,13-15,17H2,(H,34,35). The van der Waals surface area contributed by atoms with Crippen LogP contribution in [0.25, 0.3) is 22.0 Å². The van der Waals surface area contributed by atoms with Crippen molar-refractivity contribution in [1.82, 2.24) is 19.6 Å². The molecule has 0 spiro atoms. The van der Waals surface area contributed by atoms with Crippen LogP contribution in [0.2, 0.25) is 0 Å². The molecule has 0 amide bonds. The number of benzene rings is 3. The minimum absolute atomic E-state index is 0.00933. The molecule has 0 saturated carbocycles. The van der Waals surface area contributed by atoms with Crippen molar-refractivity contribution in [2.75, 3.05) is 0 Å². The van der Waals surface area contributed by atoms with Crippen LogP contribution in [0.5, 0.6) is 0 Å². The molecule has 0 bridgehead atoms. The summed E-state index contributed by atoms with van der Waals surface area (Å²) in [5, 5.41) is 31.6. The normalized spacial score (nSPS) is 17.5. The molecule has 1 unspecified atom stereocenters. The summed E-state index contributed by atoms with van der Waals surface area (Å²) in [6, 6.07) is 23.9. The molecular weight excluding hydrogens is 452 g/mol. The molecular formula is C29H24N4O3. The molecule has 2 N–H and O–H groups in total. The van der Waals surface area contributed by atoms with E-state index in [1.165, 1.54) is 0 Å². The van der Waals surface area contributed by atoms with Gasteiger partial charge in [0.2, 0.25) is 0 Å². The van der Waals surface area contributed by atoms with Crippen LogP contribution in [0, 0.1) is 0 Å². The Morgan fingerprint density at radius 3 is 2.36 bits per heavy atom. The minimum Gasteiger partial charge on any atom is -0.481 e. The molecule has 2 aliphatic rings. The third kappa shape index (κ3) is 2.80. The molecule has 7 nitrogen and oxygen atoms in total. The van der Waals surface area contributed by atoms with E-state index in [1.807, 2.05) is 77.5 Å². The first-order chi connectivity index (χ1) is 17.6. The first-order valence-electron chi connectivity index (χ1n) is 12.2. The average Bonchev–Trinajstić information content (AvgIpc) is 3.58. The van der Waals surface area contributed by atoms with Crippen LogP contribution in [-0.4, -0.2) is 35.7 Å². The van der Waals surface area contributed by atoms with Crippen LogP contribution in [-0.2, 0) is 29.8 Å². The summed E-state index contributed by atoms with van der Waals surface area (Å²) in [6.07, 6.45) is 3.19. The summed E-state index contributed by atoms with van der Waals surface area (Å²) in [4.78, 5) is 11.6. The van der Waals surface area contributed by atoms with Gasteiger partial charge in [-0.1, -0.05) is 71.9 Å². The van der Waals surface area contributed by atoms with Gasteiger partial charge in [0.1, 0.15) is 0 Å². The Labute approximate surface area is 207 Å². The van der Waals surface area contributed by atoms with E-state index in [9.17, 15) is 15.0 Å². The highest BCUT2D eigenvalue weighted by Gasteiger charge is 2.46. The van der Waals surface area contributed by atoms with Crippen molar-refractivity contribution in [1.29, 1.82) is 0 Å². The third-order valence-corrected chi connectivity index (χ3v) is 7.85. The predicted molar refractivity (Wildman–Crippen MR) is 135 cm³/mol. The van der Waals surface area contributed by atoms with Crippen molar-refractivity contribution in [2.24, 2.45) is 0 Å². The second-order valence-corrected chi connectivity index (χ2v) is 9.68. The zero-order valence-corrected chi connectivity index (χ0v) is 19.5. The Balaban J connectivity index is 1.35. The van der Waals surface area contributed by atoms with Crippen LogP contribution >= 0.6 is 0 Å². The number of fused-ring (bicyclic) bond motifs is 6. The smallest absolute Gasteiger partial charge is 0.307 e. The fourth-order valence-electron chi connectivity index (χ4n) is 6.34. The number of hydrogen-bond acceptors (Lipinski definition) is 4. The van der Waals surface area contributed by atoms with E-state index in [0.29, 0.717) is 12.2 Å². The molecule has 7 rings (SSSR count). The predicted octanol–water partition coefficient (Wildman–Crippen LogP) is 4.31. The number of aliphatic carboxylic acids is 1. The number of carboxylic acid groups (broad SMARTS) is 1. The lowest BCUT2D eigenvalue weighted by Gasteiger charge is -2.31. The van der Waals surface area contributed by atoms with E-state index in [2.05, 4.69) is 14.9 Å². The highest BCUT2D eigenvalue weighted by molar-refractivity contribution is 5.89. The van der Waals surface area contributed by atoms with E-state index in [4.69, 9.17) is 0 Å². The number of aliphatic hydroxyl groups is 1. The maximum absolute atomic E-state index is 12.4. The summed E-state index contributed by atoms with van der Waals surface area (Å²) < 4.78 is 4.11. The van der Waals surface area contributed by atoms with Crippen molar-refractivity contribution < 1.29 is 15.0 Å². The summed E-state index contributed by atoms with van der Waals surface area (Å²) in [7, 11) is 0. The summed E-state index contributed by atoms with van der Waals surface area (Å²) in [5.41, 5.74) is 6.00. The van der Waals surface area contributed by atoms with Crippen molar-refractivity contribution >= 4 is 16.9 Å². The first-order valence-corrected chi connectivity index (χ1v) is 12.2. The lowest BCUT2D eigenvalue weighted by molar-refractivity contribution is -0.136. The maximum atomic E-state index is 12.4. The van der Waals surface area contributed by atoms with Gasteiger partial charge in [-0.25, -0.2) is 4.68 Å². The molecule has 1 aliphatic heterocycles. The second-order valence-electron chi connectivity index (χ2n) is 9.68. The number of hydrogen-bond donors (Lipinski definition) is 2. The van der Waals surface area contributed by atoms with Gasteiger partial charge in [-0.05, 0) is 35.6 Å². The molecule has 36 heavy (non-hydrogen) atoms. The van der Waals surface area contributed by atoms with E-state index >= 15 is 0 Å². The van der Waals surface area contributed by atoms with Gasteiger partial charge in [0, 0.05) is 34.3 Å². The van der Waals surface area contributed by atoms with Gasteiger partial charge in [-0.15, -0.1) is 5.10 Å². The summed E-state index contributed by atoms with van der Waals surface area (Å²) in [5.74, 6) is -0.823. The summed E-state index contributed by atoms with van der Waals surface area (Å²) in [6.45, 7) is 0.630. The SMILES string of the molecule is O=C(O)Cc1c2n(c3ccccc13)CC(n1nncc1C1(O)c3ccccc3-c3ccccc31)CC2. The lowest BCUT2D eigenvalue weighted by atomic mass is 9.88. The average molecular weight is 477 g/mol. The number of nitrogens with zero attached hydrogens (tertiary/aromatic N) is 4. The van der Waals surface area contributed by atoms with Crippen LogP contribution in [0.15, 0.2) is 79.0 Å². The molecule has 0 saturated heterocycles. The van der Waals surface area contributed by atoms with Crippen LogP contribution in [0.4, 0.5) is 0 Å². The van der Waals surface area contributed by atoms with Gasteiger partial charge in [-0.2, -0.15) is 0 Å². The van der Waals surface area contributed by atoms with Gasteiger partial charge in [0.05, 0.1) is 24.4 Å². The van der Waals surface area contributed by atoms with Gasteiger partial charge < -0.3 is 14.8 Å². The zero-order valence-electron chi connectivity index (χ0n) is 19.5. The molecule has 3 aromatic carbocycles. The molecule has 5 aromatic rings. The minimum atomic E-state index is -1.36. The zero-order chi connectivity index (χ0) is 24.4. The quantitative estimate of drug-likeness (QED) is 0.403. The Morgan fingerprint density at radius 2 is 1.64 bits per heavy atom. The highest BCUT2D eigenvalue weighted by Crippen LogP contribution is 2.51. The molecule has 1 aliphatic carbocycles. The number of para-hydroxylation sites is 1. The van der Waals surface area contributed by atoms with E-state index in [1.54, 1.807) is 6.20 Å². The third-order valence-electron chi connectivity index (χ3n) is 7.85. The highest BCUT2D eigenvalue weighted by atomic mass is 16.4. The molecule has 0 fully saturated rings. The number of aromatic nitrogens is 4. The Morgan fingerprint density at radius 1 is 0.972 bits per heavy atom. The maximum Gasteiger partial charge on any atom is 0.307 e. The van der Waals surface area contributed by atoms with E-state index < -0.39 is 11.6 Å². The molecule has 3 heterocycles. The van der Waals surface area contributed by atoms with E-state index in [0.717, 1.165) is 57.3 Å². The first kappa shape index (κ1) is 21.1. The number of rotatable bonds is 4. The molecule has 1 atom stereocenters. The van der Waals surface area contributed by atoms with Gasteiger partial charge in [0.25, 0.3) is 0 Å². The van der Waals surface area contributed by atoms with Crippen LogP contribution in [0.3, 0.4) is 0 Å². The molecule has 0 radical (unpaired) electrons. The van der Waals surface area contributed by atoms with Gasteiger partial charge >= 0.3 is 5.97 Å². The largest absolute Gasteiger partial charge is 0.481 e. The topological polar surface area (TPSA) is 93.2 Å². The molecule has 7 heteroatoms. The Bertz CT molecular complexity index is 1620. The fraction of sp³-hybridized carbons (Fsp3) is 0.207. The Hall–Kier alpha value is -4.23. The summed E-state index contributed by atoms with van der Waals surface area (Å²) >= 11 is 0. The second kappa shape index (κ2) is 7.63. The van der Waals surface area contributed by atoms with Crippen molar-refractivity contribution in [3.8, 4) is 11.1 Å². The molecule has 2 aromatic heterocycles. The Kier molecular flexibility index (Phi) is 4.47. The van der Waals surface area contributed by atoms with E-state index in [-0.39, 0.29) is 12.5 Å². The lowest BCUT2D eigenvalue weighted by Crippen LogP contribution is -2.33. The van der Waals surface area contributed by atoms with Crippen LogP contribution < -0.4 is 0 Å². The monoisotopic (exact) mass is 476 g/mol. The van der Waals surface area contributed by atoms with Gasteiger partial charge in [0.15, 0.2) is 5.60 Å². The van der Waals surface area contributed by atoms with Gasteiger partial charge in [-0.3, -0.25) is 4.79 Å². The van der Waals surface area contributed by atoms with Crippen molar-refractivity contribution in [3.05, 3.63) is 107 Å². The van der Waals surface area contributed by atoms with Crippen molar-refractivity contribution in [3.63, 3.8) is 0 Å².